The molecule has 2 heterocycles. The number of nitrogens with one attached hydrogen (secondary N) is 2. The predicted octanol–water partition coefficient (Wildman–Crippen LogP) is 2.32. The molecule has 8 nitrogen and oxygen atoms in total. The quantitative estimate of drug-likeness (QED) is 0.544. The molecule has 3 aromatic rings. The Morgan fingerprint density at radius 3 is 2.65 bits per heavy atom. The van der Waals surface area contributed by atoms with Gasteiger partial charge in [0.2, 0.25) is 5.88 Å². The van der Waals surface area contributed by atoms with Gasteiger partial charge in [-0.05, 0) is 25.0 Å². The van der Waals surface area contributed by atoms with Crippen molar-refractivity contribution in [2.75, 3.05) is 6.61 Å². The molecule has 0 amide bonds. The molecule has 0 saturated heterocycles. The number of para-hydroxylation sites is 1. The molecule has 8 heteroatoms. The zero-order valence-corrected chi connectivity index (χ0v) is 17.2. The maximum absolute atomic E-state index is 12.5. The molecule has 1 aromatic heterocycles. The smallest absolute Gasteiger partial charge is 0.331 e. The fourth-order valence-electron chi connectivity index (χ4n) is 3.75. The Kier molecular flexibility index (Phi) is 5.88. The van der Waals surface area contributed by atoms with E-state index in [4.69, 9.17) is 4.74 Å². The Morgan fingerprint density at radius 2 is 1.87 bits per heavy atom. The Bertz CT molecular complexity index is 1210. The lowest BCUT2D eigenvalue weighted by molar-refractivity contribution is 0.332. The normalized spacial score (nSPS) is 15.4. The summed E-state index contributed by atoms with van der Waals surface area (Å²) in [7, 11) is 0. The Hall–Kier alpha value is -3.81. The maximum atomic E-state index is 12.5. The van der Waals surface area contributed by atoms with E-state index in [0.717, 1.165) is 16.9 Å². The molecule has 160 valence electrons. The SMILES string of the molecule is CCOc1ccccc1[C@@H]1CC(c2c(O)n(CCc3ccccc3)c(=O)[nH]c2=O)=NN1. The van der Waals surface area contributed by atoms with Crippen LogP contribution in [0, 0.1) is 0 Å². The molecule has 1 atom stereocenters. The highest BCUT2D eigenvalue weighted by atomic mass is 16.5. The summed E-state index contributed by atoms with van der Waals surface area (Å²) in [4.78, 5) is 27.2. The molecule has 0 fully saturated rings. The van der Waals surface area contributed by atoms with Crippen LogP contribution in [0.4, 0.5) is 0 Å². The fraction of sp³-hybridized carbons (Fsp3) is 0.261. The molecule has 1 aliphatic heterocycles. The van der Waals surface area contributed by atoms with E-state index in [-0.39, 0.29) is 24.0 Å². The van der Waals surface area contributed by atoms with E-state index < -0.39 is 11.2 Å². The Balaban J connectivity index is 1.60. The number of hydrazone groups is 1. The molecule has 0 bridgehead atoms. The average molecular weight is 420 g/mol. The minimum atomic E-state index is -0.655. The summed E-state index contributed by atoms with van der Waals surface area (Å²) < 4.78 is 6.87. The summed E-state index contributed by atoms with van der Waals surface area (Å²) >= 11 is 0. The van der Waals surface area contributed by atoms with Gasteiger partial charge in [0, 0.05) is 18.5 Å². The largest absolute Gasteiger partial charge is 0.494 e. The van der Waals surface area contributed by atoms with E-state index in [1.165, 1.54) is 4.57 Å². The summed E-state index contributed by atoms with van der Waals surface area (Å²) in [6.45, 7) is 2.68. The number of hydrogen-bond donors (Lipinski definition) is 3. The molecule has 4 rings (SSSR count). The highest BCUT2D eigenvalue weighted by molar-refractivity contribution is 6.03. The number of aromatic hydroxyl groups is 1. The molecule has 0 unspecified atom stereocenters. The van der Waals surface area contributed by atoms with Crippen molar-refractivity contribution in [3.05, 3.63) is 92.1 Å². The van der Waals surface area contributed by atoms with Crippen molar-refractivity contribution in [2.45, 2.75) is 32.4 Å². The van der Waals surface area contributed by atoms with Crippen LogP contribution in [0.1, 0.15) is 36.1 Å². The Labute approximate surface area is 178 Å². The molecule has 0 radical (unpaired) electrons. The van der Waals surface area contributed by atoms with Crippen molar-refractivity contribution >= 4 is 5.71 Å². The highest BCUT2D eigenvalue weighted by Crippen LogP contribution is 2.31. The van der Waals surface area contributed by atoms with Gasteiger partial charge >= 0.3 is 5.69 Å². The average Bonchev–Trinajstić information content (AvgIpc) is 3.24. The monoisotopic (exact) mass is 420 g/mol. The predicted molar refractivity (Wildman–Crippen MR) is 118 cm³/mol. The molecular formula is C23H24N4O4. The second-order valence-corrected chi connectivity index (χ2v) is 7.26. The first-order chi connectivity index (χ1) is 15.1. The van der Waals surface area contributed by atoms with Gasteiger partial charge in [-0.15, -0.1) is 0 Å². The second kappa shape index (κ2) is 8.91. The number of aromatic amines is 1. The second-order valence-electron chi connectivity index (χ2n) is 7.26. The lowest BCUT2D eigenvalue weighted by Gasteiger charge is -2.15. The van der Waals surface area contributed by atoms with Crippen LogP contribution < -0.4 is 21.4 Å². The topological polar surface area (TPSA) is 109 Å². The minimum Gasteiger partial charge on any atom is -0.494 e. The van der Waals surface area contributed by atoms with Gasteiger partial charge in [0.15, 0.2) is 0 Å². The summed E-state index contributed by atoms with van der Waals surface area (Å²) in [5.41, 5.74) is 4.06. The number of aryl methyl sites for hydroxylation is 1. The molecule has 0 saturated carbocycles. The molecule has 3 N–H and O–H groups in total. The van der Waals surface area contributed by atoms with Crippen LogP contribution in [0.25, 0.3) is 0 Å². The van der Waals surface area contributed by atoms with Crippen molar-refractivity contribution < 1.29 is 9.84 Å². The van der Waals surface area contributed by atoms with Crippen LogP contribution in [-0.2, 0) is 13.0 Å². The number of benzene rings is 2. The van der Waals surface area contributed by atoms with E-state index >= 15 is 0 Å². The third kappa shape index (κ3) is 4.23. The van der Waals surface area contributed by atoms with Gasteiger partial charge in [-0.25, -0.2) is 4.79 Å². The van der Waals surface area contributed by atoms with Gasteiger partial charge in [0.25, 0.3) is 5.56 Å². The number of rotatable bonds is 7. The van der Waals surface area contributed by atoms with Crippen molar-refractivity contribution in [1.82, 2.24) is 15.0 Å². The molecule has 2 aromatic carbocycles. The van der Waals surface area contributed by atoms with Crippen LogP contribution in [0.2, 0.25) is 0 Å². The maximum Gasteiger partial charge on any atom is 0.331 e. The van der Waals surface area contributed by atoms with E-state index in [1.807, 2.05) is 61.5 Å². The number of H-pyrrole nitrogens is 1. The van der Waals surface area contributed by atoms with Gasteiger partial charge in [0.05, 0.1) is 18.4 Å². The van der Waals surface area contributed by atoms with Crippen molar-refractivity contribution in [1.29, 1.82) is 0 Å². The van der Waals surface area contributed by atoms with Crippen LogP contribution >= 0.6 is 0 Å². The van der Waals surface area contributed by atoms with Gasteiger partial charge in [-0.1, -0.05) is 48.5 Å². The van der Waals surface area contributed by atoms with Gasteiger partial charge < -0.3 is 15.3 Å². The van der Waals surface area contributed by atoms with Crippen LogP contribution in [0.3, 0.4) is 0 Å². The van der Waals surface area contributed by atoms with E-state index in [0.29, 0.717) is 25.2 Å². The van der Waals surface area contributed by atoms with Crippen LogP contribution in [0.15, 0.2) is 69.3 Å². The minimum absolute atomic E-state index is 0.0107. The molecule has 0 aliphatic carbocycles. The van der Waals surface area contributed by atoms with Crippen molar-refractivity contribution in [2.24, 2.45) is 5.10 Å². The standard InChI is InChI=1S/C23H24N4O4/c1-2-31-19-11-7-6-10-16(19)17-14-18(26-25-17)20-21(28)24-23(30)27(22(20)29)13-12-15-8-4-3-5-9-15/h3-11,17,25,29H,2,12-14H2,1H3,(H,24,28,30)/t17-/m0/s1. The van der Waals surface area contributed by atoms with Crippen LogP contribution in [-0.4, -0.2) is 27.0 Å². The molecule has 1 aliphatic rings. The van der Waals surface area contributed by atoms with Gasteiger partial charge in [-0.3, -0.25) is 14.3 Å². The lowest BCUT2D eigenvalue weighted by atomic mass is 9.99. The zero-order chi connectivity index (χ0) is 21.8. The van der Waals surface area contributed by atoms with E-state index in [2.05, 4.69) is 15.5 Å². The van der Waals surface area contributed by atoms with Gasteiger partial charge in [0.1, 0.15) is 11.3 Å². The number of nitrogens with zero attached hydrogens (tertiary/aromatic N) is 2. The number of aromatic nitrogens is 2. The molecule has 31 heavy (non-hydrogen) atoms. The van der Waals surface area contributed by atoms with Crippen molar-refractivity contribution in [3.8, 4) is 11.6 Å². The molecular weight excluding hydrogens is 396 g/mol. The summed E-state index contributed by atoms with van der Waals surface area (Å²) in [6.07, 6.45) is 0.909. The van der Waals surface area contributed by atoms with E-state index in [1.54, 1.807) is 0 Å². The summed E-state index contributed by atoms with van der Waals surface area (Å²) in [5.74, 6) is 0.369. The van der Waals surface area contributed by atoms with Crippen molar-refractivity contribution in [3.63, 3.8) is 0 Å². The third-order valence-electron chi connectivity index (χ3n) is 5.27. The lowest BCUT2D eigenvalue weighted by Crippen LogP contribution is -2.34. The zero-order valence-electron chi connectivity index (χ0n) is 17.2. The fourth-order valence-corrected chi connectivity index (χ4v) is 3.75. The first-order valence-corrected chi connectivity index (χ1v) is 10.2. The number of ether oxygens (including phenoxy) is 1. The summed E-state index contributed by atoms with van der Waals surface area (Å²) in [5, 5.41) is 15.1. The number of hydrogen-bond acceptors (Lipinski definition) is 6. The van der Waals surface area contributed by atoms with E-state index in [9.17, 15) is 14.7 Å². The first kappa shape index (κ1) is 20.5. The van der Waals surface area contributed by atoms with Gasteiger partial charge in [-0.2, -0.15) is 5.10 Å². The summed E-state index contributed by atoms with van der Waals surface area (Å²) in [6, 6.07) is 17.0. The molecule has 0 spiro atoms. The Morgan fingerprint density at radius 1 is 1.13 bits per heavy atom. The van der Waals surface area contributed by atoms with Crippen LogP contribution in [0.5, 0.6) is 11.6 Å². The third-order valence-corrected chi connectivity index (χ3v) is 5.27. The highest BCUT2D eigenvalue weighted by Gasteiger charge is 2.28. The first-order valence-electron chi connectivity index (χ1n) is 10.2.